The topological polar surface area (TPSA) is 17.1 Å². The van der Waals surface area contributed by atoms with Gasteiger partial charge in [-0.3, -0.25) is 4.79 Å². The Labute approximate surface area is 146 Å². The summed E-state index contributed by atoms with van der Waals surface area (Å²) in [6.45, 7) is 0. The van der Waals surface area contributed by atoms with E-state index in [0.717, 1.165) is 11.3 Å². The van der Waals surface area contributed by atoms with Gasteiger partial charge in [-0.2, -0.15) is 0 Å². The van der Waals surface area contributed by atoms with Gasteiger partial charge in [0.15, 0.2) is 5.12 Å². The third kappa shape index (κ3) is 2.90. The van der Waals surface area contributed by atoms with Gasteiger partial charge in [0.2, 0.25) is 0 Å². The molecule has 0 heterocycles. The molecule has 0 atom stereocenters. The van der Waals surface area contributed by atoms with Crippen molar-refractivity contribution >= 4 is 16.9 Å². The summed E-state index contributed by atoms with van der Waals surface area (Å²) >= 11 is 1.46. The molecule has 4 rings (SSSR count). The molecule has 2 heteroatoms. The first-order chi connectivity index (χ1) is 11.8. The molecule has 0 radical (unpaired) electrons. The van der Waals surface area contributed by atoms with Gasteiger partial charge in [0, 0.05) is 18.1 Å². The van der Waals surface area contributed by atoms with Gasteiger partial charge in [0.05, 0.1) is 0 Å². The van der Waals surface area contributed by atoms with Crippen LogP contribution in [0.3, 0.4) is 0 Å². The van der Waals surface area contributed by atoms with Crippen molar-refractivity contribution in [3.05, 3.63) is 95.6 Å². The number of fused-ring (bicyclic) bond motifs is 3. The van der Waals surface area contributed by atoms with Crippen LogP contribution < -0.4 is 0 Å². The molecule has 0 saturated carbocycles. The molecule has 0 aliphatic heterocycles. The zero-order chi connectivity index (χ0) is 16.4. The predicted molar refractivity (Wildman–Crippen MR) is 101 cm³/mol. The Balaban J connectivity index is 1.52. The number of thioether (sulfide) groups is 1. The third-order valence-electron chi connectivity index (χ3n) is 4.56. The average Bonchev–Trinajstić information content (AvgIpc) is 2.95. The van der Waals surface area contributed by atoms with Crippen LogP contribution in [0.15, 0.2) is 78.9 Å². The lowest BCUT2D eigenvalue weighted by atomic mass is 9.99. The number of carbonyl (C=O) groups excluding carboxylic acids is 1. The van der Waals surface area contributed by atoms with Crippen LogP contribution in [0.5, 0.6) is 0 Å². The molecular formula is C22H18OS. The van der Waals surface area contributed by atoms with Gasteiger partial charge in [0.1, 0.15) is 0 Å². The molecule has 0 bridgehead atoms. The van der Waals surface area contributed by atoms with Crippen LogP contribution >= 0.6 is 11.8 Å². The molecule has 1 aliphatic rings. The van der Waals surface area contributed by atoms with Crippen LogP contribution in [-0.4, -0.2) is 10.9 Å². The standard InChI is InChI=1S/C22H18OS/c23-22(14-16-8-2-1-3-9-16)24-15-21-19-12-6-4-10-17(19)18-11-5-7-13-20(18)21/h1-13,21H,14-15H2. The molecule has 0 amide bonds. The van der Waals surface area contributed by atoms with Gasteiger partial charge in [-0.1, -0.05) is 90.6 Å². The van der Waals surface area contributed by atoms with E-state index >= 15 is 0 Å². The minimum Gasteiger partial charge on any atom is -0.287 e. The van der Waals surface area contributed by atoms with Gasteiger partial charge in [-0.25, -0.2) is 0 Å². The van der Waals surface area contributed by atoms with Crippen molar-refractivity contribution in [1.29, 1.82) is 0 Å². The van der Waals surface area contributed by atoms with E-state index < -0.39 is 0 Å². The van der Waals surface area contributed by atoms with Gasteiger partial charge < -0.3 is 0 Å². The van der Waals surface area contributed by atoms with E-state index in [1.807, 2.05) is 30.3 Å². The Kier molecular flexibility index (Phi) is 4.22. The van der Waals surface area contributed by atoms with E-state index in [9.17, 15) is 4.79 Å². The number of carbonyl (C=O) groups is 1. The van der Waals surface area contributed by atoms with E-state index in [1.165, 1.54) is 34.0 Å². The fourth-order valence-corrected chi connectivity index (χ4v) is 4.41. The van der Waals surface area contributed by atoms with Crippen LogP contribution in [0.4, 0.5) is 0 Å². The highest BCUT2D eigenvalue weighted by molar-refractivity contribution is 8.13. The first-order valence-corrected chi connectivity index (χ1v) is 9.19. The summed E-state index contributed by atoms with van der Waals surface area (Å²) in [6.07, 6.45) is 0.502. The largest absolute Gasteiger partial charge is 0.287 e. The quantitative estimate of drug-likeness (QED) is 0.645. The summed E-state index contributed by atoms with van der Waals surface area (Å²) in [7, 11) is 0. The second kappa shape index (κ2) is 6.66. The minimum absolute atomic E-state index is 0.239. The van der Waals surface area contributed by atoms with Gasteiger partial charge in [0.25, 0.3) is 0 Å². The van der Waals surface area contributed by atoms with Crippen molar-refractivity contribution in [3.8, 4) is 11.1 Å². The normalized spacial score (nSPS) is 12.7. The Hall–Kier alpha value is -2.32. The predicted octanol–water partition coefficient (Wildman–Crippen LogP) is 5.30. The smallest absolute Gasteiger partial charge is 0.193 e. The van der Waals surface area contributed by atoms with Crippen molar-refractivity contribution in [2.75, 3.05) is 5.75 Å². The Morgan fingerprint density at radius 1 is 0.750 bits per heavy atom. The lowest BCUT2D eigenvalue weighted by Crippen LogP contribution is -2.05. The van der Waals surface area contributed by atoms with E-state index in [2.05, 4.69) is 48.5 Å². The highest BCUT2D eigenvalue weighted by atomic mass is 32.2. The van der Waals surface area contributed by atoms with Crippen molar-refractivity contribution in [2.45, 2.75) is 12.3 Å². The molecule has 0 fully saturated rings. The summed E-state index contributed by atoms with van der Waals surface area (Å²) in [5.74, 6) is 1.11. The van der Waals surface area contributed by atoms with E-state index in [1.54, 1.807) is 0 Å². The highest BCUT2D eigenvalue weighted by Gasteiger charge is 2.28. The third-order valence-corrected chi connectivity index (χ3v) is 5.53. The zero-order valence-corrected chi connectivity index (χ0v) is 14.1. The summed E-state index contributed by atoms with van der Waals surface area (Å²) in [5.41, 5.74) is 6.41. The number of benzene rings is 3. The van der Waals surface area contributed by atoms with Gasteiger partial charge >= 0.3 is 0 Å². The van der Waals surface area contributed by atoms with Crippen molar-refractivity contribution in [1.82, 2.24) is 0 Å². The maximum atomic E-state index is 12.4. The molecule has 0 saturated heterocycles. The average molecular weight is 330 g/mol. The molecule has 0 N–H and O–H groups in total. The zero-order valence-electron chi connectivity index (χ0n) is 13.3. The first-order valence-electron chi connectivity index (χ1n) is 8.21. The fourth-order valence-electron chi connectivity index (χ4n) is 3.43. The SMILES string of the molecule is O=C(Cc1ccccc1)SCC1c2ccccc2-c2ccccc21. The Morgan fingerprint density at radius 2 is 1.29 bits per heavy atom. The summed E-state index contributed by atoms with van der Waals surface area (Å²) in [5, 5.41) is 0.239. The van der Waals surface area contributed by atoms with Crippen LogP contribution in [0, 0.1) is 0 Å². The molecule has 0 spiro atoms. The molecular weight excluding hydrogens is 312 g/mol. The monoisotopic (exact) mass is 330 g/mol. The van der Waals surface area contributed by atoms with E-state index in [-0.39, 0.29) is 5.12 Å². The lowest BCUT2D eigenvalue weighted by molar-refractivity contribution is -0.110. The molecule has 3 aromatic carbocycles. The minimum atomic E-state index is 0.239. The maximum absolute atomic E-state index is 12.4. The number of hydrogen-bond donors (Lipinski definition) is 0. The van der Waals surface area contributed by atoms with Crippen LogP contribution in [0.2, 0.25) is 0 Å². The fraction of sp³-hybridized carbons (Fsp3) is 0.136. The Bertz CT molecular complexity index is 824. The van der Waals surface area contributed by atoms with Crippen LogP contribution in [0.25, 0.3) is 11.1 Å². The van der Waals surface area contributed by atoms with Crippen LogP contribution in [0.1, 0.15) is 22.6 Å². The molecule has 3 aromatic rings. The second-order valence-electron chi connectivity index (χ2n) is 6.07. The van der Waals surface area contributed by atoms with Crippen LogP contribution in [-0.2, 0) is 11.2 Å². The van der Waals surface area contributed by atoms with E-state index in [4.69, 9.17) is 0 Å². The number of rotatable bonds is 4. The molecule has 0 unspecified atom stereocenters. The Morgan fingerprint density at radius 3 is 1.92 bits per heavy atom. The van der Waals surface area contributed by atoms with Crippen molar-refractivity contribution < 1.29 is 4.79 Å². The van der Waals surface area contributed by atoms with Crippen molar-refractivity contribution in [2.24, 2.45) is 0 Å². The molecule has 1 nitrogen and oxygen atoms in total. The van der Waals surface area contributed by atoms with Gasteiger partial charge in [-0.05, 0) is 27.8 Å². The first kappa shape index (κ1) is 15.2. The lowest BCUT2D eigenvalue weighted by Gasteiger charge is -2.12. The number of hydrogen-bond acceptors (Lipinski definition) is 2. The highest BCUT2D eigenvalue weighted by Crippen LogP contribution is 2.45. The second-order valence-corrected chi connectivity index (χ2v) is 7.15. The summed E-state index contributed by atoms with van der Waals surface area (Å²) in [4.78, 5) is 12.4. The summed E-state index contributed by atoms with van der Waals surface area (Å²) < 4.78 is 0. The molecule has 118 valence electrons. The van der Waals surface area contributed by atoms with E-state index in [0.29, 0.717) is 12.3 Å². The molecule has 24 heavy (non-hydrogen) atoms. The van der Waals surface area contributed by atoms with Gasteiger partial charge in [-0.15, -0.1) is 0 Å². The molecule has 0 aromatic heterocycles. The molecule has 1 aliphatic carbocycles. The maximum Gasteiger partial charge on any atom is 0.193 e. The van der Waals surface area contributed by atoms with Crippen molar-refractivity contribution in [3.63, 3.8) is 0 Å². The summed E-state index contributed by atoms with van der Waals surface area (Å²) in [6, 6.07) is 27.1.